The predicted octanol–water partition coefficient (Wildman–Crippen LogP) is 1.12. The standard InChI is InChI=1S/C6H5N3O/c1-2-9-3-5-6(8-9)10-4-7-5/h2-4H,1H2. The second-order valence-corrected chi connectivity index (χ2v) is 1.83. The number of oxazole rings is 1. The van der Waals surface area contributed by atoms with Gasteiger partial charge in [-0.05, 0) is 0 Å². The first-order chi connectivity index (χ1) is 4.90. The number of rotatable bonds is 1. The van der Waals surface area contributed by atoms with E-state index in [1.165, 1.54) is 6.39 Å². The van der Waals surface area contributed by atoms with Gasteiger partial charge >= 0.3 is 0 Å². The lowest BCUT2D eigenvalue weighted by Crippen LogP contribution is -1.82. The molecule has 0 bridgehead atoms. The van der Waals surface area contributed by atoms with Crippen LogP contribution < -0.4 is 0 Å². The Balaban J connectivity index is 2.78. The van der Waals surface area contributed by atoms with Crippen LogP contribution in [0.2, 0.25) is 0 Å². The molecule has 0 aliphatic carbocycles. The van der Waals surface area contributed by atoms with Gasteiger partial charge in [0, 0.05) is 6.20 Å². The van der Waals surface area contributed by atoms with E-state index in [0.717, 1.165) is 5.52 Å². The molecule has 0 atom stereocenters. The first-order valence-electron chi connectivity index (χ1n) is 2.81. The highest BCUT2D eigenvalue weighted by Gasteiger charge is 2.00. The van der Waals surface area contributed by atoms with E-state index in [9.17, 15) is 0 Å². The van der Waals surface area contributed by atoms with Crippen molar-refractivity contribution in [2.45, 2.75) is 0 Å². The molecule has 0 saturated carbocycles. The van der Waals surface area contributed by atoms with E-state index in [4.69, 9.17) is 4.42 Å². The molecule has 0 saturated heterocycles. The van der Waals surface area contributed by atoms with Crippen LogP contribution in [0.4, 0.5) is 0 Å². The van der Waals surface area contributed by atoms with Gasteiger partial charge in [-0.1, -0.05) is 6.58 Å². The molecule has 0 spiro atoms. The zero-order valence-corrected chi connectivity index (χ0v) is 5.19. The van der Waals surface area contributed by atoms with Gasteiger partial charge in [-0.2, -0.15) is 0 Å². The van der Waals surface area contributed by atoms with Crippen LogP contribution in [-0.2, 0) is 0 Å². The van der Waals surface area contributed by atoms with Crippen molar-refractivity contribution in [1.82, 2.24) is 14.8 Å². The Labute approximate surface area is 56.8 Å². The highest BCUT2D eigenvalue weighted by atomic mass is 16.3. The molecule has 0 amide bonds. The van der Waals surface area contributed by atoms with Gasteiger partial charge in [-0.15, -0.1) is 5.10 Å². The maximum absolute atomic E-state index is 4.91. The fraction of sp³-hybridized carbons (Fsp3) is 0. The Morgan fingerprint density at radius 1 is 1.70 bits per heavy atom. The van der Waals surface area contributed by atoms with Crippen molar-refractivity contribution in [1.29, 1.82) is 0 Å². The topological polar surface area (TPSA) is 43.9 Å². The second-order valence-electron chi connectivity index (χ2n) is 1.83. The van der Waals surface area contributed by atoms with E-state index >= 15 is 0 Å². The molecular formula is C6H5N3O. The van der Waals surface area contributed by atoms with Crippen LogP contribution in [0.15, 0.2) is 23.6 Å². The summed E-state index contributed by atoms with van der Waals surface area (Å²) in [4.78, 5) is 3.89. The van der Waals surface area contributed by atoms with E-state index in [-0.39, 0.29) is 0 Å². The summed E-state index contributed by atoms with van der Waals surface area (Å²) < 4.78 is 6.47. The molecule has 10 heavy (non-hydrogen) atoms. The van der Waals surface area contributed by atoms with Gasteiger partial charge in [0.1, 0.15) is 5.52 Å². The zero-order chi connectivity index (χ0) is 6.97. The van der Waals surface area contributed by atoms with Gasteiger partial charge in [0.2, 0.25) is 0 Å². The third kappa shape index (κ3) is 0.556. The SMILES string of the molecule is C=Cn1cc2ncoc2n1. The van der Waals surface area contributed by atoms with Crippen LogP contribution in [0, 0.1) is 0 Å². The number of aromatic nitrogens is 3. The summed E-state index contributed by atoms with van der Waals surface area (Å²) in [6, 6.07) is 0. The van der Waals surface area contributed by atoms with Gasteiger partial charge in [-0.25, -0.2) is 9.67 Å². The number of nitrogens with zero attached hydrogens (tertiary/aromatic N) is 3. The molecule has 2 aromatic heterocycles. The van der Waals surface area contributed by atoms with E-state index in [1.54, 1.807) is 17.1 Å². The Morgan fingerprint density at radius 2 is 2.60 bits per heavy atom. The largest absolute Gasteiger partial charge is 0.424 e. The van der Waals surface area contributed by atoms with Crippen molar-refractivity contribution in [3.63, 3.8) is 0 Å². The molecule has 2 aromatic rings. The number of fused-ring (bicyclic) bond motifs is 1. The minimum absolute atomic E-state index is 0.542. The summed E-state index contributed by atoms with van der Waals surface area (Å²) in [5, 5.41) is 3.96. The maximum atomic E-state index is 4.91. The summed E-state index contributed by atoms with van der Waals surface area (Å²) in [7, 11) is 0. The normalized spacial score (nSPS) is 10.4. The molecule has 2 rings (SSSR count). The molecule has 0 fully saturated rings. The van der Waals surface area contributed by atoms with Crippen LogP contribution in [0.5, 0.6) is 0 Å². The summed E-state index contributed by atoms with van der Waals surface area (Å²) in [5.74, 6) is 0. The lowest BCUT2D eigenvalue weighted by atomic mass is 10.6. The van der Waals surface area contributed by atoms with Gasteiger partial charge < -0.3 is 4.42 Å². The smallest absolute Gasteiger partial charge is 0.265 e. The molecule has 4 nitrogen and oxygen atoms in total. The molecule has 0 aliphatic heterocycles. The summed E-state index contributed by atoms with van der Waals surface area (Å²) in [6.07, 6.45) is 4.69. The number of hydrogen-bond acceptors (Lipinski definition) is 3. The first kappa shape index (κ1) is 5.22. The van der Waals surface area contributed by atoms with Crippen molar-refractivity contribution in [2.75, 3.05) is 0 Å². The molecule has 0 aromatic carbocycles. The third-order valence-corrected chi connectivity index (χ3v) is 1.22. The van der Waals surface area contributed by atoms with Gasteiger partial charge in [-0.3, -0.25) is 0 Å². The lowest BCUT2D eigenvalue weighted by Gasteiger charge is -1.81. The minimum Gasteiger partial charge on any atom is -0.424 e. The molecule has 0 unspecified atom stereocenters. The molecule has 0 N–H and O–H groups in total. The predicted molar refractivity (Wildman–Crippen MR) is 36.2 cm³/mol. The zero-order valence-electron chi connectivity index (χ0n) is 5.19. The van der Waals surface area contributed by atoms with E-state index in [2.05, 4.69) is 16.7 Å². The Hall–Kier alpha value is -1.58. The second kappa shape index (κ2) is 1.70. The van der Waals surface area contributed by atoms with Gasteiger partial charge in [0.05, 0.1) is 6.20 Å². The summed E-state index contributed by atoms with van der Waals surface area (Å²) in [6.45, 7) is 3.54. The third-order valence-electron chi connectivity index (χ3n) is 1.22. The molecule has 0 radical (unpaired) electrons. The van der Waals surface area contributed by atoms with Crippen molar-refractivity contribution in [3.05, 3.63) is 19.2 Å². The van der Waals surface area contributed by atoms with Crippen molar-refractivity contribution in [2.24, 2.45) is 0 Å². The van der Waals surface area contributed by atoms with Crippen LogP contribution >= 0.6 is 0 Å². The van der Waals surface area contributed by atoms with Crippen molar-refractivity contribution in [3.8, 4) is 0 Å². The molecule has 0 aliphatic rings. The van der Waals surface area contributed by atoms with Crippen molar-refractivity contribution < 1.29 is 4.42 Å². The average molecular weight is 135 g/mol. The summed E-state index contributed by atoms with van der Waals surface area (Å²) >= 11 is 0. The highest BCUT2D eigenvalue weighted by Crippen LogP contribution is 2.07. The Kier molecular flexibility index (Phi) is 0.887. The first-order valence-corrected chi connectivity index (χ1v) is 2.81. The molecule has 2 heterocycles. The maximum Gasteiger partial charge on any atom is 0.265 e. The van der Waals surface area contributed by atoms with E-state index in [0.29, 0.717) is 5.71 Å². The fourth-order valence-electron chi connectivity index (χ4n) is 0.765. The molecule has 50 valence electrons. The summed E-state index contributed by atoms with van der Waals surface area (Å²) in [5.41, 5.74) is 1.29. The Bertz CT molecular complexity index is 331. The quantitative estimate of drug-likeness (QED) is 0.588. The van der Waals surface area contributed by atoms with E-state index in [1.807, 2.05) is 0 Å². The highest BCUT2D eigenvalue weighted by molar-refractivity contribution is 5.66. The van der Waals surface area contributed by atoms with E-state index < -0.39 is 0 Å². The van der Waals surface area contributed by atoms with Gasteiger partial charge in [0.15, 0.2) is 6.39 Å². The van der Waals surface area contributed by atoms with Crippen LogP contribution in [0.1, 0.15) is 0 Å². The molecule has 4 heteroatoms. The van der Waals surface area contributed by atoms with Gasteiger partial charge in [0.25, 0.3) is 5.71 Å². The van der Waals surface area contributed by atoms with Crippen LogP contribution in [0.25, 0.3) is 17.4 Å². The minimum atomic E-state index is 0.542. The van der Waals surface area contributed by atoms with Crippen LogP contribution in [0.3, 0.4) is 0 Å². The number of hydrogen-bond donors (Lipinski definition) is 0. The fourth-order valence-corrected chi connectivity index (χ4v) is 0.765. The molecular weight excluding hydrogens is 130 g/mol. The Morgan fingerprint density at radius 3 is 3.30 bits per heavy atom. The van der Waals surface area contributed by atoms with Crippen LogP contribution in [-0.4, -0.2) is 14.8 Å². The average Bonchev–Trinajstić information content (AvgIpc) is 2.42. The monoisotopic (exact) mass is 135 g/mol. The lowest BCUT2D eigenvalue weighted by molar-refractivity contribution is 0.583. The van der Waals surface area contributed by atoms with Crippen molar-refractivity contribution >= 4 is 17.4 Å².